The van der Waals surface area contributed by atoms with Crippen molar-refractivity contribution in [1.29, 1.82) is 0 Å². The molecule has 8 heteroatoms. The molecular weight excluding hydrogens is 496 g/mol. The van der Waals surface area contributed by atoms with Gasteiger partial charge in [-0.25, -0.2) is 0 Å². The monoisotopic (exact) mass is 520 g/mol. The fourth-order valence-corrected chi connectivity index (χ4v) is 4.44. The molecule has 0 spiro atoms. The minimum Gasteiger partial charge on any atom is -0.507 e. The quantitative estimate of drug-likeness (QED) is 0.291. The molecule has 1 atom stereocenters. The second kappa shape index (κ2) is 10.5. The van der Waals surface area contributed by atoms with E-state index in [-0.39, 0.29) is 16.9 Å². The number of aliphatic hydroxyl groups is 1. The van der Waals surface area contributed by atoms with Crippen LogP contribution < -0.4 is 0 Å². The van der Waals surface area contributed by atoms with E-state index in [1.165, 1.54) is 17.0 Å². The van der Waals surface area contributed by atoms with Crippen molar-refractivity contribution in [3.63, 3.8) is 0 Å². The van der Waals surface area contributed by atoms with Gasteiger partial charge in [0.1, 0.15) is 11.5 Å². The number of phenols is 1. The number of rotatable bonds is 8. The van der Waals surface area contributed by atoms with E-state index in [1.807, 2.05) is 0 Å². The molecule has 1 saturated heterocycles. The van der Waals surface area contributed by atoms with Crippen molar-refractivity contribution in [1.82, 2.24) is 9.80 Å². The van der Waals surface area contributed by atoms with Crippen LogP contribution in [0, 0.1) is 0 Å². The number of benzene rings is 2. The average molecular weight is 522 g/mol. The van der Waals surface area contributed by atoms with Gasteiger partial charge >= 0.3 is 0 Å². The molecule has 0 aliphatic carbocycles. The maximum absolute atomic E-state index is 13.0. The van der Waals surface area contributed by atoms with Crippen molar-refractivity contribution >= 4 is 45.0 Å². The first-order chi connectivity index (χ1) is 15.3. The lowest BCUT2D eigenvalue weighted by Gasteiger charge is -2.27. The standard InChI is InChI=1S/C24H26BrClN2O4/c1-3-27(4-2)12-5-13-28-21(15-6-9-17(26)10-7-15)20(23(31)24(28)32)22(30)18-14-16(25)8-11-19(18)29/h6-11,14,21,29-30H,3-5,12-13H2,1-2H3. The number of Topliss-reactive ketones (excluding diaryl/α,β-unsaturated/α-hetero) is 1. The number of aromatic hydroxyl groups is 1. The number of ketones is 1. The summed E-state index contributed by atoms with van der Waals surface area (Å²) in [6, 6.07) is 10.6. The SMILES string of the molecule is CCN(CC)CCCN1C(=O)C(=O)C(=C(O)c2cc(Br)ccc2O)C1c1ccc(Cl)cc1. The average Bonchev–Trinajstić information content (AvgIpc) is 3.03. The summed E-state index contributed by atoms with van der Waals surface area (Å²) in [6.07, 6.45) is 0.682. The second-order valence-corrected chi connectivity index (χ2v) is 8.94. The Hall–Kier alpha value is -2.35. The Morgan fingerprint density at radius 3 is 2.41 bits per heavy atom. The topological polar surface area (TPSA) is 81.1 Å². The summed E-state index contributed by atoms with van der Waals surface area (Å²) in [4.78, 5) is 29.8. The lowest BCUT2D eigenvalue weighted by Crippen LogP contribution is -2.33. The van der Waals surface area contributed by atoms with Crippen molar-refractivity contribution in [3.8, 4) is 5.75 Å². The molecule has 3 rings (SSSR count). The van der Waals surface area contributed by atoms with Gasteiger partial charge in [0.05, 0.1) is 17.2 Å². The number of carbonyl (C=O) groups excluding carboxylic acids is 2. The van der Waals surface area contributed by atoms with E-state index in [0.29, 0.717) is 28.0 Å². The Labute approximate surface area is 201 Å². The van der Waals surface area contributed by atoms with Crippen LogP contribution >= 0.6 is 27.5 Å². The molecule has 2 N–H and O–H groups in total. The zero-order chi connectivity index (χ0) is 23.4. The number of carbonyl (C=O) groups is 2. The third-order valence-corrected chi connectivity index (χ3v) is 6.45. The number of hydrogen-bond acceptors (Lipinski definition) is 5. The van der Waals surface area contributed by atoms with Crippen LogP contribution in [0.15, 0.2) is 52.5 Å². The molecular formula is C24H26BrClN2O4. The number of likely N-dealkylation sites (tertiary alicyclic amines) is 1. The Morgan fingerprint density at radius 2 is 1.78 bits per heavy atom. The molecule has 2 aromatic carbocycles. The fraction of sp³-hybridized carbons (Fsp3) is 0.333. The summed E-state index contributed by atoms with van der Waals surface area (Å²) in [5.74, 6) is -2.04. The Kier molecular flexibility index (Phi) is 7.98. The third-order valence-electron chi connectivity index (χ3n) is 5.71. The highest BCUT2D eigenvalue weighted by atomic mass is 79.9. The molecule has 32 heavy (non-hydrogen) atoms. The number of nitrogens with zero attached hydrogens (tertiary/aromatic N) is 2. The number of halogens is 2. The molecule has 0 bridgehead atoms. The van der Waals surface area contributed by atoms with Crippen LogP contribution in [-0.4, -0.2) is 57.9 Å². The van der Waals surface area contributed by atoms with Crippen LogP contribution in [0.4, 0.5) is 0 Å². The highest BCUT2D eigenvalue weighted by Gasteiger charge is 2.46. The first-order valence-electron chi connectivity index (χ1n) is 10.5. The molecule has 6 nitrogen and oxygen atoms in total. The van der Waals surface area contributed by atoms with Gasteiger partial charge in [0.25, 0.3) is 11.7 Å². The van der Waals surface area contributed by atoms with Gasteiger partial charge in [-0.1, -0.05) is 53.5 Å². The highest BCUT2D eigenvalue weighted by Crippen LogP contribution is 2.41. The largest absolute Gasteiger partial charge is 0.507 e. The van der Waals surface area contributed by atoms with Gasteiger partial charge in [-0.05, 0) is 62.0 Å². The van der Waals surface area contributed by atoms with E-state index >= 15 is 0 Å². The molecule has 170 valence electrons. The van der Waals surface area contributed by atoms with Gasteiger partial charge in [-0.15, -0.1) is 0 Å². The Bertz CT molecular complexity index is 1030. The van der Waals surface area contributed by atoms with Gasteiger partial charge < -0.3 is 20.0 Å². The number of amides is 1. The van der Waals surface area contributed by atoms with Crippen LogP contribution in [0.2, 0.25) is 5.02 Å². The van der Waals surface area contributed by atoms with E-state index < -0.39 is 23.5 Å². The zero-order valence-electron chi connectivity index (χ0n) is 18.0. The van der Waals surface area contributed by atoms with Gasteiger partial charge in [-0.3, -0.25) is 9.59 Å². The molecule has 1 aliphatic rings. The summed E-state index contributed by atoms with van der Waals surface area (Å²) in [5.41, 5.74) is 0.695. The van der Waals surface area contributed by atoms with E-state index in [4.69, 9.17) is 11.6 Å². The van der Waals surface area contributed by atoms with E-state index in [2.05, 4.69) is 34.7 Å². The summed E-state index contributed by atoms with van der Waals surface area (Å²) >= 11 is 9.36. The van der Waals surface area contributed by atoms with Crippen molar-refractivity contribution in [2.75, 3.05) is 26.2 Å². The third kappa shape index (κ3) is 5.00. The van der Waals surface area contributed by atoms with Gasteiger partial charge in [0, 0.05) is 16.0 Å². The molecule has 1 unspecified atom stereocenters. The van der Waals surface area contributed by atoms with Crippen LogP contribution in [-0.2, 0) is 9.59 Å². The molecule has 1 fully saturated rings. The molecule has 2 aromatic rings. The van der Waals surface area contributed by atoms with E-state index in [1.54, 1.807) is 30.3 Å². The van der Waals surface area contributed by atoms with Crippen molar-refractivity contribution in [2.45, 2.75) is 26.3 Å². The lowest BCUT2D eigenvalue weighted by molar-refractivity contribution is -0.140. The Morgan fingerprint density at radius 1 is 1.12 bits per heavy atom. The van der Waals surface area contributed by atoms with E-state index in [9.17, 15) is 19.8 Å². The predicted molar refractivity (Wildman–Crippen MR) is 129 cm³/mol. The number of aliphatic hydroxyl groups excluding tert-OH is 1. The first-order valence-corrected chi connectivity index (χ1v) is 11.7. The number of phenolic OH excluding ortho intramolecular Hbond substituents is 1. The molecule has 0 radical (unpaired) electrons. The summed E-state index contributed by atoms with van der Waals surface area (Å²) in [5, 5.41) is 21.9. The summed E-state index contributed by atoms with van der Waals surface area (Å²) in [6.45, 7) is 7.10. The molecule has 0 saturated carbocycles. The highest BCUT2D eigenvalue weighted by molar-refractivity contribution is 9.10. The van der Waals surface area contributed by atoms with Crippen LogP contribution in [0.3, 0.4) is 0 Å². The zero-order valence-corrected chi connectivity index (χ0v) is 20.4. The van der Waals surface area contributed by atoms with Crippen molar-refractivity contribution < 1.29 is 19.8 Å². The molecule has 1 heterocycles. The predicted octanol–water partition coefficient (Wildman–Crippen LogP) is 4.96. The number of hydrogen-bond donors (Lipinski definition) is 2. The smallest absolute Gasteiger partial charge is 0.295 e. The fourth-order valence-electron chi connectivity index (χ4n) is 3.95. The van der Waals surface area contributed by atoms with E-state index in [0.717, 1.165) is 19.6 Å². The van der Waals surface area contributed by atoms with Crippen LogP contribution in [0.1, 0.15) is 37.4 Å². The summed E-state index contributed by atoms with van der Waals surface area (Å²) < 4.78 is 0.619. The van der Waals surface area contributed by atoms with Crippen LogP contribution in [0.5, 0.6) is 5.75 Å². The van der Waals surface area contributed by atoms with Gasteiger partial charge in [0.15, 0.2) is 0 Å². The van der Waals surface area contributed by atoms with Gasteiger partial charge in [0.2, 0.25) is 0 Å². The van der Waals surface area contributed by atoms with Crippen LogP contribution in [0.25, 0.3) is 5.76 Å². The van der Waals surface area contributed by atoms with Gasteiger partial charge in [-0.2, -0.15) is 0 Å². The van der Waals surface area contributed by atoms with Crippen molar-refractivity contribution in [3.05, 3.63) is 68.7 Å². The molecule has 1 aliphatic heterocycles. The van der Waals surface area contributed by atoms with Crippen molar-refractivity contribution in [2.24, 2.45) is 0 Å². The minimum absolute atomic E-state index is 0.0476. The lowest BCUT2D eigenvalue weighted by atomic mass is 9.95. The maximum atomic E-state index is 13.0. The summed E-state index contributed by atoms with van der Waals surface area (Å²) in [7, 11) is 0. The Balaban J connectivity index is 2.06. The molecule has 1 amide bonds. The maximum Gasteiger partial charge on any atom is 0.295 e. The minimum atomic E-state index is -0.776. The second-order valence-electron chi connectivity index (χ2n) is 7.59. The first kappa shape index (κ1) is 24.3. The normalized spacial score (nSPS) is 18.0. The molecule has 0 aromatic heterocycles.